The molecule has 0 aliphatic rings. The first-order valence-electron chi connectivity index (χ1n) is 32.8. The number of carbonyl (C=O) groups excluding carboxylic acids is 4. The van der Waals surface area contributed by atoms with Gasteiger partial charge in [-0.15, -0.1) is 0 Å². The van der Waals surface area contributed by atoms with Gasteiger partial charge < -0.3 is 28.8 Å². The minimum absolute atomic E-state index is 0.0284. The summed E-state index contributed by atoms with van der Waals surface area (Å²) in [7, 11) is 0. The number of rotatable bonds is 60. The first-order valence-corrected chi connectivity index (χ1v) is 32.8. The molecule has 77 heavy (non-hydrogen) atoms. The Morgan fingerprint density at radius 1 is 0.273 bits per heavy atom. The molecule has 0 bridgehead atoms. The van der Waals surface area contributed by atoms with E-state index >= 15 is 0 Å². The van der Waals surface area contributed by atoms with Crippen LogP contribution in [0.15, 0.2) is 0 Å². The number of esters is 4. The van der Waals surface area contributed by atoms with Crippen LogP contribution in [0.25, 0.3) is 0 Å². The van der Waals surface area contributed by atoms with Crippen molar-refractivity contribution in [1.29, 1.82) is 0 Å². The molecule has 1 N–H and O–H groups in total. The van der Waals surface area contributed by atoms with Gasteiger partial charge in [-0.1, -0.05) is 273 Å². The van der Waals surface area contributed by atoms with E-state index in [0.29, 0.717) is 25.7 Å². The van der Waals surface area contributed by atoms with Gasteiger partial charge in [0, 0.05) is 32.1 Å². The number of carboxylic acids is 1. The summed E-state index contributed by atoms with van der Waals surface area (Å²) in [6.07, 6.45) is 47.1. The Morgan fingerprint density at radius 3 is 0.727 bits per heavy atom. The van der Waals surface area contributed by atoms with Gasteiger partial charge in [0.25, 0.3) is 0 Å². The molecule has 0 aromatic carbocycles. The molecule has 0 radical (unpaired) electrons. The summed E-state index contributed by atoms with van der Waals surface area (Å²) in [5, 5.41) is 8.96. The molecule has 0 rings (SSSR count). The second-order valence-corrected chi connectivity index (χ2v) is 24.3. The summed E-state index contributed by atoms with van der Waals surface area (Å²) in [6, 6.07) is 0. The first kappa shape index (κ1) is 74.3. The van der Waals surface area contributed by atoms with Crippen LogP contribution in [-0.2, 0) is 47.7 Å². The Labute approximate surface area is 474 Å². The molecule has 0 saturated carbocycles. The smallest absolute Gasteiger partial charge is 0.306 e. The number of aliphatic carboxylic acids is 1. The Bertz CT molecular complexity index is 1350. The summed E-state index contributed by atoms with van der Waals surface area (Å²) in [6.45, 7) is 13.2. The summed E-state index contributed by atoms with van der Waals surface area (Å²) < 4.78 is 28.7. The van der Waals surface area contributed by atoms with Crippen LogP contribution in [0, 0.1) is 17.8 Å². The quantitative estimate of drug-likeness (QED) is 0.0352. The zero-order valence-electron chi connectivity index (χ0n) is 51.3. The van der Waals surface area contributed by atoms with E-state index in [1.807, 2.05) is 0 Å². The van der Waals surface area contributed by atoms with Crippen molar-refractivity contribution in [3.8, 4) is 0 Å². The molecule has 454 valence electrons. The molecule has 0 heterocycles. The summed E-state index contributed by atoms with van der Waals surface area (Å²) in [5.74, 6) is -0.115. The van der Waals surface area contributed by atoms with Gasteiger partial charge in [-0.3, -0.25) is 24.0 Å². The van der Waals surface area contributed by atoms with E-state index in [4.69, 9.17) is 28.8 Å². The van der Waals surface area contributed by atoms with Crippen LogP contribution in [0.5, 0.6) is 0 Å². The van der Waals surface area contributed by atoms with Gasteiger partial charge in [0.15, 0.2) is 12.2 Å². The first-order chi connectivity index (χ1) is 37.3. The highest BCUT2D eigenvalue weighted by molar-refractivity contribution is 5.71. The van der Waals surface area contributed by atoms with Gasteiger partial charge in [-0.25, -0.2) is 0 Å². The Balaban J connectivity index is 5.07. The van der Waals surface area contributed by atoms with Gasteiger partial charge >= 0.3 is 29.8 Å². The lowest BCUT2D eigenvalue weighted by atomic mass is 10.0. The molecule has 11 heteroatoms. The van der Waals surface area contributed by atoms with E-state index in [1.165, 1.54) is 186 Å². The average Bonchev–Trinajstić information content (AvgIpc) is 3.38. The highest BCUT2D eigenvalue weighted by atomic mass is 16.6. The fraction of sp³-hybridized carbons (Fsp3) is 0.924. The van der Waals surface area contributed by atoms with E-state index in [2.05, 4.69) is 41.5 Å². The van der Waals surface area contributed by atoms with E-state index < -0.39 is 30.1 Å². The molecule has 2 atom stereocenters. The normalized spacial score (nSPS) is 12.4. The summed E-state index contributed by atoms with van der Waals surface area (Å²) >= 11 is 0. The van der Waals surface area contributed by atoms with Gasteiger partial charge in [0.1, 0.15) is 13.2 Å². The summed E-state index contributed by atoms with van der Waals surface area (Å²) in [4.78, 5) is 62.6. The van der Waals surface area contributed by atoms with Crippen LogP contribution in [0.1, 0.15) is 337 Å². The molecule has 11 nitrogen and oxygen atoms in total. The van der Waals surface area contributed by atoms with E-state index in [-0.39, 0.29) is 64.0 Å². The van der Waals surface area contributed by atoms with Crippen LogP contribution in [-0.4, -0.2) is 73.6 Å². The van der Waals surface area contributed by atoms with Crippen molar-refractivity contribution in [2.24, 2.45) is 17.8 Å². The highest BCUT2D eigenvalue weighted by Gasteiger charge is 2.22. The van der Waals surface area contributed by atoms with Crippen molar-refractivity contribution in [3.05, 3.63) is 0 Å². The van der Waals surface area contributed by atoms with Crippen LogP contribution in [0.3, 0.4) is 0 Å². The van der Waals surface area contributed by atoms with Crippen molar-refractivity contribution >= 4 is 29.8 Å². The number of carboxylic acid groups (broad SMARTS) is 1. The largest absolute Gasteiger partial charge is 0.481 e. The van der Waals surface area contributed by atoms with Crippen LogP contribution in [0.2, 0.25) is 0 Å². The molecule has 0 aromatic rings. The van der Waals surface area contributed by atoms with E-state index in [1.54, 1.807) is 0 Å². The third-order valence-corrected chi connectivity index (χ3v) is 14.8. The lowest BCUT2D eigenvalue weighted by Gasteiger charge is -2.21. The van der Waals surface area contributed by atoms with Gasteiger partial charge in [0.2, 0.25) is 0 Å². The molecule has 0 aromatic heterocycles. The number of hydrogen-bond acceptors (Lipinski definition) is 10. The van der Waals surface area contributed by atoms with Gasteiger partial charge in [-0.2, -0.15) is 0 Å². The number of carbonyl (C=O) groups is 5. The maximum Gasteiger partial charge on any atom is 0.306 e. The maximum absolute atomic E-state index is 13.1. The number of ether oxygens (including phenoxy) is 5. The second-order valence-electron chi connectivity index (χ2n) is 24.3. The number of hydrogen-bond donors (Lipinski definition) is 1. The lowest BCUT2D eigenvalue weighted by Crippen LogP contribution is -2.34. The Morgan fingerprint density at radius 2 is 0.481 bits per heavy atom. The second kappa shape index (κ2) is 56.6. The van der Waals surface area contributed by atoms with Crippen molar-refractivity contribution in [3.63, 3.8) is 0 Å². The molecule has 0 saturated heterocycles. The highest BCUT2D eigenvalue weighted by Crippen LogP contribution is 2.19. The monoisotopic (exact) mass is 1090 g/mol. The van der Waals surface area contributed by atoms with Gasteiger partial charge in [0.05, 0.1) is 13.2 Å². The van der Waals surface area contributed by atoms with Crippen molar-refractivity contribution in [2.45, 2.75) is 349 Å². The fourth-order valence-corrected chi connectivity index (χ4v) is 9.88. The van der Waals surface area contributed by atoms with Gasteiger partial charge in [-0.05, 0) is 49.9 Å². The predicted octanol–water partition coefficient (Wildman–Crippen LogP) is 18.9. The number of unbranched alkanes of at least 4 members (excludes halogenated alkanes) is 34. The third-order valence-electron chi connectivity index (χ3n) is 14.8. The maximum atomic E-state index is 13.1. The van der Waals surface area contributed by atoms with Crippen molar-refractivity contribution in [1.82, 2.24) is 0 Å². The Kier molecular flexibility index (Phi) is 54.6. The fourth-order valence-electron chi connectivity index (χ4n) is 9.88. The SMILES string of the molecule is CC(C)CCCCCCCCCCCCCCC(=O)OCC(COCC(COC(=O)CCCCC(=O)O)OC(=O)CCCCCCCCCCCCCCC(C)C)OC(=O)CCCCCCCCCCCCCCC(C)C. The van der Waals surface area contributed by atoms with Crippen LogP contribution < -0.4 is 0 Å². The minimum Gasteiger partial charge on any atom is -0.481 e. The van der Waals surface area contributed by atoms with Crippen molar-refractivity contribution in [2.75, 3.05) is 26.4 Å². The molecule has 0 fully saturated rings. The topological polar surface area (TPSA) is 152 Å². The average molecular weight is 1090 g/mol. The molecule has 2 unspecified atom stereocenters. The zero-order chi connectivity index (χ0) is 56.7. The third kappa shape index (κ3) is 59.3. The minimum atomic E-state index is -0.917. The van der Waals surface area contributed by atoms with E-state index in [9.17, 15) is 24.0 Å². The molecule has 0 amide bonds. The van der Waals surface area contributed by atoms with Crippen LogP contribution >= 0.6 is 0 Å². The van der Waals surface area contributed by atoms with Crippen molar-refractivity contribution < 1.29 is 52.8 Å². The molecule has 0 spiro atoms. The standard InChI is InChI=1S/C66H124O11/c1-57(2)45-37-31-25-19-13-7-10-16-22-28-34-40-49-63(69)74-55-60(76-65(71)51-41-35-29-23-17-11-8-14-20-26-32-38-46-58(3)4)53-73-54-61(56-75-64(70)50-44-43-48-62(67)68)77-66(72)52-42-36-30-24-18-12-9-15-21-27-33-39-47-59(5)6/h57-61H,7-56H2,1-6H3,(H,67,68). The lowest BCUT2D eigenvalue weighted by molar-refractivity contribution is -0.169. The zero-order valence-corrected chi connectivity index (χ0v) is 51.3. The molecule has 0 aliphatic heterocycles. The van der Waals surface area contributed by atoms with E-state index in [0.717, 1.165) is 75.5 Å². The molecule has 0 aliphatic carbocycles. The summed E-state index contributed by atoms with van der Waals surface area (Å²) in [5.41, 5.74) is 0. The predicted molar refractivity (Wildman–Crippen MR) is 317 cm³/mol. The molecular weight excluding hydrogens is 969 g/mol. The molecular formula is C66H124O11. The Hall–Kier alpha value is -2.69. The van der Waals surface area contributed by atoms with Crippen LogP contribution in [0.4, 0.5) is 0 Å².